The van der Waals surface area contributed by atoms with Gasteiger partial charge >= 0.3 is 6.09 Å². The van der Waals surface area contributed by atoms with Gasteiger partial charge in [0.25, 0.3) is 0 Å². The minimum absolute atomic E-state index is 0.0719. The maximum absolute atomic E-state index is 11.8. The van der Waals surface area contributed by atoms with Crippen molar-refractivity contribution in [1.82, 2.24) is 4.98 Å². The van der Waals surface area contributed by atoms with Gasteiger partial charge in [-0.25, -0.2) is 9.78 Å². The molecular weight excluding hydrogens is 276 g/mol. The number of nitrogens with one attached hydrogen (secondary N) is 1. The van der Waals surface area contributed by atoms with Gasteiger partial charge in [-0.1, -0.05) is 32.9 Å². The van der Waals surface area contributed by atoms with Crippen molar-refractivity contribution >= 4 is 22.8 Å². The number of hydrogen-bond acceptors (Lipinski definition) is 3. The predicted molar refractivity (Wildman–Crippen MR) is 88.2 cm³/mol. The topological polar surface area (TPSA) is 51.2 Å². The number of carbonyl (C=O) groups is 1. The van der Waals surface area contributed by atoms with Gasteiger partial charge in [0, 0.05) is 5.39 Å². The van der Waals surface area contributed by atoms with Crippen molar-refractivity contribution in [2.24, 2.45) is 0 Å². The summed E-state index contributed by atoms with van der Waals surface area (Å²) in [4.78, 5) is 16.3. The van der Waals surface area contributed by atoms with Gasteiger partial charge in [0.1, 0.15) is 11.9 Å². The number of nitrogens with zero attached hydrogens (tertiary/aromatic N) is 1. The Morgan fingerprint density at radius 1 is 1.23 bits per heavy atom. The molecule has 0 bridgehead atoms. The Balaban J connectivity index is 1.80. The van der Waals surface area contributed by atoms with Gasteiger partial charge in [0.2, 0.25) is 0 Å². The third-order valence-electron chi connectivity index (χ3n) is 4.11. The van der Waals surface area contributed by atoms with Crippen LogP contribution in [0.1, 0.15) is 45.6 Å². The molecular formula is C18H22N2O2. The summed E-state index contributed by atoms with van der Waals surface area (Å²) < 4.78 is 5.29. The van der Waals surface area contributed by atoms with E-state index in [0.29, 0.717) is 5.82 Å². The Labute approximate surface area is 130 Å². The van der Waals surface area contributed by atoms with Crippen molar-refractivity contribution < 1.29 is 9.53 Å². The van der Waals surface area contributed by atoms with Crippen LogP contribution in [0.2, 0.25) is 0 Å². The molecule has 1 aromatic heterocycles. The highest BCUT2D eigenvalue weighted by atomic mass is 16.6. The smallest absolute Gasteiger partial charge is 0.413 e. The van der Waals surface area contributed by atoms with Gasteiger partial charge in [0.15, 0.2) is 0 Å². The molecule has 2 aromatic rings. The van der Waals surface area contributed by atoms with E-state index in [-0.39, 0.29) is 11.5 Å². The lowest BCUT2D eigenvalue weighted by Crippen LogP contribution is -2.27. The second-order valence-electron chi connectivity index (χ2n) is 6.94. The lowest BCUT2D eigenvalue weighted by molar-refractivity contribution is 0.0623. The number of amides is 1. The molecule has 22 heavy (non-hydrogen) atoms. The zero-order chi connectivity index (χ0) is 15.7. The summed E-state index contributed by atoms with van der Waals surface area (Å²) in [6, 6.07) is 10.0. The third kappa shape index (κ3) is 3.21. The first-order valence-corrected chi connectivity index (χ1v) is 7.81. The zero-order valence-electron chi connectivity index (χ0n) is 13.3. The van der Waals surface area contributed by atoms with Crippen LogP contribution in [0.4, 0.5) is 10.6 Å². The number of aromatic nitrogens is 1. The monoisotopic (exact) mass is 298 g/mol. The normalized spacial score (nSPS) is 15.4. The average molecular weight is 298 g/mol. The van der Waals surface area contributed by atoms with E-state index in [4.69, 9.17) is 4.74 Å². The molecule has 1 fully saturated rings. The molecule has 4 nitrogen and oxygen atoms in total. The van der Waals surface area contributed by atoms with Crippen LogP contribution in [-0.4, -0.2) is 17.2 Å². The maximum Gasteiger partial charge on any atom is 0.413 e. The molecule has 116 valence electrons. The van der Waals surface area contributed by atoms with Gasteiger partial charge in [-0.3, -0.25) is 5.32 Å². The van der Waals surface area contributed by atoms with Gasteiger partial charge in [-0.05, 0) is 48.4 Å². The fourth-order valence-electron chi connectivity index (χ4n) is 2.43. The Bertz CT molecular complexity index is 700. The summed E-state index contributed by atoms with van der Waals surface area (Å²) in [6.45, 7) is 6.52. The number of carbonyl (C=O) groups excluding carboxylic acids is 1. The van der Waals surface area contributed by atoms with Crippen LogP contribution in [0.3, 0.4) is 0 Å². The summed E-state index contributed by atoms with van der Waals surface area (Å²) in [5.74, 6) is 0.530. The number of benzene rings is 1. The molecule has 1 aliphatic carbocycles. The number of rotatable bonds is 2. The van der Waals surface area contributed by atoms with E-state index in [1.807, 2.05) is 6.07 Å². The minimum atomic E-state index is -0.413. The van der Waals surface area contributed by atoms with Gasteiger partial charge in [-0.2, -0.15) is 0 Å². The van der Waals surface area contributed by atoms with Crippen LogP contribution in [0.15, 0.2) is 30.3 Å². The van der Waals surface area contributed by atoms with Crippen LogP contribution in [0.5, 0.6) is 0 Å². The van der Waals surface area contributed by atoms with Crippen LogP contribution in [0, 0.1) is 0 Å². The molecule has 1 heterocycles. The van der Waals surface area contributed by atoms with E-state index in [9.17, 15) is 4.79 Å². The first-order chi connectivity index (χ1) is 10.4. The number of ether oxygens (including phenoxy) is 1. The Morgan fingerprint density at radius 2 is 1.95 bits per heavy atom. The molecule has 1 aromatic carbocycles. The number of anilines is 1. The van der Waals surface area contributed by atoms with E-state index in [1.54, 1.807) is 6.07 Å². The van der Waals surface area contributed by atoms with E-state index >= 15 is 0 Å². The van der Waals surface area contributed by atoms with Crippen molar-refractivity contribution in [3.63, 3.8) is 0 Å². The summed E-state index contributed by atoms with van der Waals surface area (Å²) in [6.07, 6.45) is 2.74. The van der Waals surface area contributed by atoms with Crippen molar-refractivity contribution in [1.29, 1.82) is 0 Å². The number of fused-ring (bicyclic) bond motifs is 1. The molecule has 3 rings (SSSR count). The van der Waals surface area contributed by atoms with Crippen LogP contribution in [-0.2, 0) is 10.2 Å². The summed E-state index contributed by atoms with van der Waals surface area (Å²) in [5.41, 5.74) is 2.18. The highest BCUT2D eigenvalue weighted by Gasteiger charge is 2.21. The fraction of sp³-hybridized carbons (Fsp3) is 0.444. The van der Waals surface area contributed by atoms with Gasteiger partial charge in [0.05, 0.1) is 5.52 Å². The summed E-state index contributed by atoms with van der Waals surface area (Å²) >= 11 is 0. The second kappa shape index (κ2) is 5.59. The Hall–Kier alpha value is -2.10. The van der Waals surface area contributed by atoms with E-state index in [0.717, 1.165) is 30.2 Å². The Morgan fingerprint density at radius 3 is 2.59 bits per heavy atom. The van der Waals surface area contributed by atoms with Crippen molar-refractivity contribution in [2.75, 3.05) is 5.32 Å². The molecule has 0 spiro atoms. The lowest BCUT2D eigenvalue weighted by Gasteiger charge is -2.25. The molecule has 4 heteroatoms. The number of hydrogen-bond donors (Lipinski definition) is 1. The van der Waals surface area contributed by atoms with E-state index in [2.05, 4.69) is 49.3 Å². The summed E-state index contributed by atoms with van der Waals surface area (Å²) in [7, 11) is 0. The first-order valence-electron chi connectivity index (χ1n) is 7.81. The van der Waals surface area contributed by atoms with Crippen molar-refractivity contribution in [3.05, 3.63) is 35.9 Å². The Kier molecular flexibility index (Phi) is 3.77. The van der Waals surface area contributed by atoms with Crippen molar-refractivity contribution in [3.8, 4) is 0 Å². The molecule has 1 saturated carbocycles. The standard InChI is InChI=1S/C18H22N2O2/c1-18(2,3)13-9-7-12-8-10-16(19-15(12)11-13)20-17(21)22-14-5-4-6-14/h7-11,14H,4-6H2,1-3H3,(H,19,20,21). The largest absolute Gasteiger partial charge is 0.446 e. The fourth-order valence-corrected chi connectivity index (χ4v) is 2.43. The maximum atomic E-state index is 11.8. The van der Waals surface area contributed by atoms with E-state index < -0.39 is 6.09 Å². The lowest BCUT2D eigenvalue weighted by atomic mass is 9.86. The molecule has 0 unspecified atom stereocenters. The summed E-state index contributed by atoms with van der Waals surface area (Å²) in [5, 5.41) is 3.78. The average Bonchev–Trinajstić information content (AvgIpc) is 2.41. The molecule has 1 aliphatic rings. The zero-order valence-corrected chi connectivity index (χ0v) is 13.3. The highest BCUT2D eigenvalue weighted by Crippen LogP contribution is 2.26. The quantitative estimate of drug-likeness (QED) is 0.879. The van der Waals surface area contributed by atoms with Crippen molar-refractivity contribution in [2.45, 2.75) is 51.6 Å². The van der Waals surface area contributed by atoms with Crippen LogP contribution >= 0.6 is 0 Å². The second-order valence-corrected chi connectivity index (χ2v) is 6.94. The molecule has 1 N–H and O–H groups in total. The molecule has 1 amide bonds. The highest BCUT2D eigenvalue weighted by molar-refractivity contribution is 5.87. The minimum Gasteiger partial charge on any atom is -0.446 e. The number of pyridine rings is 1. The molecule has 0 saturated heterocycles. The molecule has 0 radical (unpaired) electrons. The molecule has 0 aliphatic heterocycles. The van der Waals surface area contributed by atoms with Gasteiger partial charge in [-0.15, -0.1) is 0 Å². The molecule has 0 atom stereocenters. The van der Waals surface area contributed by atoms with Crippen LogP contribution < -0.4 is 5.32 Å². The predicted octanol–water partition coefficient (Wildman–Crippen LogP) is 4.63. The SMILES string of the molecule is CC(C)(C)c1ccc2ccc(NC(=O)OC3CCC3)nc2c1. The van der Waals surface area contributed by atoms with E-state index in [1.165, 1.54) is 5.56 Å². The first kappa shape index (κ1) is 14.8. The third-order valence-corrected chi connectivity index (χ3v) is 4.11. The van der Waals surface area contributed by atoms with Gasteiger partial charge < -0.3 is 4.74 Å². The van der Waals surface area contributed by atoms with Crippen LogP contribution in [0.25, 0.3) is 10.9 Å².